The summed E-state index contributed by atoms with van der Waals surface area (Å²) in [6.45, 7) is 8.19. The van der Waals surface area contributed by atoms with Gasteiger partial charge in [0.2, 0.25) is 0 Å². The van der Waals surface area contributed by atoms with Crippen molar-refractivity contribution in [1.29, 1.82) is 0 Å². The summed E-state index contributed by atoms with van der Waals surface area (Å²) < 4.78 is 7.12. The second-order valence-corrected chi connectivity index (χ2v) is 5.78. The fourth-order valence-electron chi connectivity index (χ4n) is 2.04. The monoisotopic (exact) mass is 268 g/mol. The van der Waals surface area contributed by atoms with Crippen LogP contribution >= 0.6 is 0 Å². The molecule has 1 aliphatic heterocycles. The molecule has 1 aromatic rings. The normalized spacial score (nSPS) is 19.2. The summed E-state index contributed by atoms with van der Waals surface area (Å²) >= 11 is 0. The van der Waals surface area contributed by atoms with E-state index in [9.17, 15) is 9.90 Å². The predicted molar refractivity (Wildman–Crippen MR) is 67.2 cm³/mol. The summed E-state index contributed by atoms with van der Waals surface area (Å²) in [6.07, 6.45) is -0.351. The molecule has 0 saturated heterocycles. The van der Waals surface area contributed by atoms with Gasteiger partial charge in [-0.05, 0) is 27.7 Å². The standard InChI is InChI=1S/C12H20N4O3/c1-8-5-16-10(9(7-17)13-14-16)6-15(8)11(18)19-12(2,3)4/h8,17H,5-7H2,1-4H3/t8-/m0/s1. The minimum atomic E-state index is -0.521. The molecule has 0 bridgehead atoms. The lowest BCUT2D eigenvalue weighted by molar-refractivity contribution is 0.00883. The second-order valence-electron chi connectivity index (χ2n) is 5.78. The van der Waals surface area contributed by atoms with Crippen LogP contribution in [-0.4, -0.2) is 42.7 Å². The third-order valence-electron chi connectivity index (χ3n) is 2.99. The molecule has 1 amide bonds. The Kier molecular flexibility index (Phi) is 3.49. The minimum absolute atomic E-state index is 0.0180. The van der Waals surface area contributed by atoms with Crippen LogP contribution in [-0.2, 0) is 24.4 Å². The lowest BCUT2D eigenvalue weighted by atomic mass is 10.1. The summed E-state index contributed by atoms with van der Waals surface area (Å²) in [5.74, 6) is 0. The molecule has 1 atom stereocenters. The Hall–Kier alpha value is -1.63. The van der Waals surface area contributed by atoms with E-state index < -0.39 is 5.60 Å². The summed E-state index contributed by atoms with van der Waals surface area (Å²) in [5, 5.41) is 17.1. The van der Waals surface area contributed by atoms with E-state index in [1.807, 2.05) is 27.7 Å². The van der Waals surface area contributed by atoms with Crippen molar-refractivity contribution in [2.24, 2.45) is 0 Å². The first kappa shape index (κ1) is 13.8. The molecule has 7 heteroatoms. The van der Waals surface area contributed by atoms with Crippen molar-refractivity contribution in [3.63, 3.8) is 0 Å². The number of aliphatic hydroxyl groups is 1. The number of hydrogen-bond acceptors (Lipinski definition) is 5. The van der Waals surface area contributed by atoms with Gasteiger partial charge in [0.05, 0.1) is 31.4 Å². The van der Waals surface area contributed by atoms with Gasteiger partial charge in [-0.1, -0.05) is 5.21 Å². The van der Waals surface area contributed by atoms with Crippen molar-refractivity contribution in [1.82, 2.24) is 19.9 Å². The molecule has 0 aliphatic carbocycles. The Balaban J connectivity index is 2.18. The first-order valence-electron chi connectivity index (χ1n) is 6.33. The first-order valence-corrected chi connectivity index (χ1v) is 6.33. The zero-order chi connectivity index (χ0) is 14.2. The molecular weight excluding hydrogens is 248 g/mol. The van der Waals surface area contributed by atoms with Crippen molar-refractivity contribution < 1.29 is 14.6 Å². The molecule has 2 heterocycles. The summed E-state index contributed by atoms with van der Waals surface area (Å²) in [5.41, 5.74) is 0.763. The Morgan fingerprint density at radius 1 is 1.53 bits per heavy atom. The fraction of sp³-hybridized carbons (Fsp3) is 0.750. The molecule has 106 valence electrons. The number of aromatic nitrogens is 3. The third kappa shape index (κ3) is 2.86. The van der Waals surface area contributed by atoms with E-state index in [-0.39, 0.29) is 18.7 Å². The number of rotatable bonds is 1. The van der Waals surface area contributed by atoms with Crippen LogP contribution < -0.4 is 0 Å². The number of fused-ring (bicyclic) bond motifs is 1. The van der Waals surface area contributed by atoms with Crippen molar-refractivity contribution >= 4 is 6.09 Å². The molecule has 1 aromatic heterocycles. The topological polar surface area (TPSA) is 80.5 Å². The zero-order valence-electron chi connectivity index (χ0n) is 11.8. The van der Waals surface area contributed by atoms with Gasteiger partial charge in [-0.3, -0.25) is 4.90 Å². The molecule has 7 nitrogen and oxygen atoms in total. The van der Waals surface area contributed by atoms with Crippen LogP contribution in [0.1, 0.15) is 39.1 Å². The van der Waals surface area contributed by atoms with Gasteiger partial charge in [0.25, 0.3) is 0 Å². The van der Waals surface area contributed by atoms with E-state index in [1.54, 1.807) is 9.58 Å². The highest BCUT2D eigenvalue weighted by Gasteiger charge is 2.32. The number of carbonyl (C=O) groups excluding carboxylic acids is 1. The van der Waals surface area contributed by atoms with Gasteiger partial charge in [0, 0.05) is 0 Å². The first-order chi connectivity index (χ1) is 8.81. The predicted octanol–water partition coefficient (Wildman–Crippen LogP) is 0.910. The molecule has 0 aromatic carbocycles. The molecular formula is C12H20N4O3. The maximum Gasteiger partial charge on any atom is 0.410 e. The number of amides is 1. The van der Waals surface area contributed by atoms with Crippen LogP contribution in [0.3, 0.4) is 0 Å². The second kappa shape index (κ2) is 4.80. The van der Waals surface area contributed by atoms with E-state index >= 15 is 0 Å². The quantitative estimate of drug-likeness (QED) is 0.818. The number of hydrogen-bond donors (Lipinski definition) is 1. The Labute approximate surface area is 112 Å². The van der Waals surface area contributed by atoms with E-state index in [0.717, 1.165) is 5.69 Å². The van der Waals surface area contributed by atoms with Crippen LogP contribution in [0.2, 0.25) is 0 Å². The van der Waals surface area contributed by atoms with Gasteiger partial charge < -0.3 is 9.84 Å². The van der Waals surface area contributed by atoms with Crippen molar-refractivity contribution in [2.45, 2.75) is 59.0 Å². The number of nitrogens with zero attached hydrogens (tertiary/aromatic N) is 4. The van der Waals surface area contributed by atoms with Gasteiger partial charge in [-0.2, -0.15) is 0 Å². The number of aliphatic hydroxyl groups excluding tert-OH is 1. The maximum absolute atomic E-state index is 12.1. The average Bonchev–Trinajstić information content (AvgIpc) is 2.67. The minimum Gasteiger partial charge on any atom is -0.444 e. The van der Waals surface area contributed by atoms with Crippen LogP contribution in [0.25, 0.3) is 0 Å². The molecule has 0 unspecified atom stereocenters. The van der Waals surface area contributed by atoms with Crippen molar-refractivity contribution in [2.75, 3.05) is 0 Å². The summed E-state index contributed by atoms with van der Waals surface area (Å²) in [6, 6.07) is -0.0180. The Morgan fingerprint density at radius 2 is 2.21 bits per heavy atom. The van der Waals surface area contributed by atoms with Crippen molar-refractivity contribution in [3.05, 3.63) is 11.4 Å². The van der Waals surface area contributed by atoms with Crippen LogP contribution in [0.5, 0.6) is 0 Å². The highest BCUT2D eigenvalue weighted by Crippen LogP contribution is 2.21. The molecule has 1 aliphatic rings. The molecule has 0 fully saturated rings. The van der Waals surface area contributed by atoms with Crippen LogP contribution in [0, 0.1) is 0 Å². The van der Waals surface area contributed by atoms with Gasteiger partial charge in [0.15, 0.2) is 0 Å². The third-order valence-corrected chi connectivity index (χ3v) is 2.99. The largest absolute Gasteiger partial charge is 0.444 e. The van der Waals surface area contributed by atoms with Gasteiger partial charge in [0.1, 0.15) is 11.3 Å². The molecule has 1 N–H and O–H groups in total. The van der Waals surface area contributed by atoms with E-state index in [1.165, 1.54) is 0 Å². The maximum atomic E-state index is 12.1. The van der Waals surface area contributed by atoms with Gasteiger partial charge in [-0.15, -0.1) is 5.10 Å². The molecule has 2 rings (SSSR count). The molecule has 0 saturated carbocycles. The molecule has 19 heavy (non-hydrogen) atoms. The highest BCUT2D eigenvalue weighted by atomic mass is 16.6. The lowest BCUT2D eigenvalue weighted by Crippen LogP contribution is -2.47. The molecule has 0 spiro atoms. The summed E-state index contributed by atoms with van der Waals surface area (Å²) in [7, 11) is 0. The lowest BCUT2D eigenvalue weighted by Gasteiger charge is -2.35. The van der Waals surface area contributed by atoms with E-state index in [0.29, 0.717) is 18.8 Å². The molecule has 0 radical (unpaired) electrons. The Bertz CT molecular complexity index is 478. The number of carbonyl (C=O) groups is 1. The SMILES string of the molecule is C[C@H]1Cn2nnc(CO)c2CN1C(=O)OC(C)(C)C. The van der Waals surface area contributed by atoms with Crippen LogP contribution in [0.4, 0.5) is 4.79 Å². The smallest absolute Gasteiger partial charge is 0.410 e. The van der Waals surface area contributed by atoms with Gasteiger partial charge in [-0.25, -0.2) is 9.48 Å². The average molecular weight is 268 g/mol. The highest BCUT2D eigenvalue weighted by molar-refractivity contribution is 5.68. The fourth-order valence-corrected chi connectivity index (χ4v) is 2.04. The van der Waals surface area contributed by atoms with E-state index in [2.05, 4.69) is 10.3 Å². The van der Waals surface area contributed by atoms with E-state index in [4.69, 9.17) is 4.74 Å². The zero-order valence-corrected chi connectivity index (χ0v) is 11.8. The van der Waals surface area contributed by atoms with Gasteiger partial charge >= 0.3 is 6.09 Å². The Morgan fingerprint density at radius 3 is 2.79 bits per heavy atom. The van der Waals surface area contributed by atoms with Crippen LogP contribution in [0.15, 0.2) is 0 Å². The summed E-state index contributed by atoms with van der Waals surface area (Å²) in [4.78, 5) is 13.8. The number of ether oxygens (including phenoxy) is 1. The van der Waals surface area contributed by atoms with Crippen molar-refractivity contribution in [3.8, 4) is 0 Å².